The van der Waals surface area contributed by atoms with Gasteiger partial charge in [0.15, 0.2) is 0 Å². The number of hydrogen-bond donors (Lipinski definition) is 2. The standard InChI is InChI=1S/C41H43NO6/c1-45-35-19-14-31(15-20-35)37(32-16-21-36(46-2)22-17-32)26-34(24-29-10-6-4-7-11-29)42-27-39(43)33-18-23-40(38(25-33)41(44)47-3)48-28-30-12-8-5-9-13-30/h4-23,25,34,37,39,42-43H,24,26-28H2,1-3H3. The fourth-order valence-corrected chi connectivity index (χ4v) is 5.84. The topological polar surface area (TPSA) is 86.3 Å². The Morgan fingerprint density at radius 3 is 1.77 bits per heavy atom. The molecule has 5 aromatic rings. The highest BCUT2D eigenvalue weighted by Crippen LogP contribution is 2.33. The predicted molar refractivity (Wildman–Crippen MR) is 188 cm³/mol. The van der Waals surface area contributed by atoms with Crippen LogP contribution < -0.4 is 19.5 Å². The number of aliphatic hydroxyl groups is 1. The molecule has 0 radical (unpaired) electrons. The van der Waals surface area contributed by atoms with Gasteiger partial charge in [-0.2, -0.15) is 0 Å². The average Bonchev–Trinajstić information content (AvgIpc) is 3.15. The molecule has 0 amide bonds. The number of benzene rings is 5. The second-order valence-corrected chi connectivity index (χ2v) is 11.7. The van der Waals surface area contributed by atoms with Gasteiger partial charge in [0.05, 0.1) is 27.4 Å². The van der Waals surface area contributed by atoms with Gasteiger partial charge in [-0.3, -0.25) is 0 Å². The van der Waals surface area contributed by atoms with Crippen molar-refractivity contribution in [2.75, 3.05) is 27.9 Å². The molecule has 2 atom stereocenters. The number of nitrogens with one attached hydrogen (secondary N) is 1. The molecule has 5 rings (SSSR count). The number of hydrogen-bond acceptors (Lipinski definition) is 7. The predicted octanol–water partition coefficient (Wildman–Crippen LogP) is 7.53. The van der Waals surface area contributed by atoms with Gasteiger partial charge in [-0.1, -0.05) is 91.0 Å². The van der Waals surface area contributed by atoms with Gasteiger partial charge in [0.25, 0.3) is 0 Å². The van der Waals surface area contributed by atoms with Crippen molar-refractivity contribution in [3.8, 4) is 17.2 Å². The first-order chi connectivity index (χ1) is 23.5. The maximum atomic E-state index is 12.7. The lowest BCUT2D eigenvalue weighted by atomic mass is 9.84. The van der Waals surface area contributed by atoms with Crippen LogP contribution in [0.15, 0.2) is 127 Å². The van der Waals surface area contributed by atoms with Crippen LogP contribution in [0.4, 0.5) is 0 Å². The summed E-state index contributed by atoms with van der Waals surface area (Å²) in [5.41, 5.74) is 5.36. The number of ether oxygens (including phenoxy) is 4. The van der Waals surface area contributed by atoms with Gasteiger partial charge in [-0.25, -0.2) is 4.79 Å². The summed E-state index contributed by atoms with van der Waals surface area (Å²) < 4.78 is 21.9. The van der Waals surface area contributed by atoms with E-state index < -0.39 is 12.1 Å². The van der Waals surface area contributed by atoms with E-state index in [1.165, 1.54) is 12.7 Å². The first kappa shape index (κ1) is 34.2. The zero-order valence-electron chi connectivity index (χ0n) is 27.7. The molecule has 0 aliphatic carbocycles. The highest BCUT2D eigenvalue weighted by molar-refractivity contribution is 5.92. The molecule has 7 heteroatoms. The lowest BCUT2D eigenvalue weighted by Crippen LogP contribution is -2.36. The summed E-state index contributed by atoms with van der Waals surface area (Å²) in [6.45, 7) is 0.583. The van der Waals surface area contributed by atoms with Crippen LogP contribution in [-0.2, 0) is 17.8 Å². The summed E-state index contributed by atoms with van der Waals surface area (Å²) in [6.07, 6.45) is 0.644. The van der Waals surface area contributed by atoms with Crippen molar-refractivity contribution in [3.05, 3.63) is 161 Å². The van der Waals surface area contributed by atoms with Crippen LogP contribution in [0.2, 0.25) is 0 Å². The first-order valence-electron chi connectivity index (χ1n) is 16.1. The summed E-state index contributed by atoms with van der Waals surface area (Å²) in [6, 6.07) is 41.6. The minimum absolute atomic E-state index is 0.00445. The third kappa shape index (κ3) is 9.25. The fraction of sp³-hybridized carbons (Fsp3) is 0.244. The molecule has 0 fully saturated rings. The molecule has 0 spiro atoms. The van der Waals surface area contributed by atoms with Crippen molar-refractivity contribution in [3.63, 3.8) is 0 Å². The summed E-state index contributed by atoms with van der Waals surface area (Å²) >= 11 is 0. The molecule has 2 N–H and O–H groups in total. The number of aliphatic hydroxyl groups excluding tert-OH is 1. The molecule has 0 aliphatic rings. The molecule has 48 heavy (non-hydrogen) atoms. The Bertz CT molecular complexity index is 1660. The van der Waals surface area contributed by atoms with E-state index in [1.54, 1.807) is 32.4 Å². The van der Waals surface area contributed by atoms with Crippen LogP contribution >= 0.6 is 0 Å². The normalized spacial score (nSPS) is 12.3. The van der Waals surface area contributed by atoms with Crippen molar-refractivity contribution >= 4 is 5.97 Å². The molecule has 0 aliphatic heterocycles. The van der Waals surface area contributed by atoms with Crippen LogP contribution in [0.5, 0.6) is 17.2 Å². The number of rotatable bonds is 16. The molecule has 5 aromatic carbocycles. The Morgan fingerprint density at radius 1 is 0.688 bits per heavy atom. The fourth-order valence-electron chi connectivity index (χ4n) is 5.84. The van der Waals surface area contributed by atoms with E-state index in [-0.39, 0.29) is 24.1 Å². The molecule has 0 saturated carbocycles. The van der Waals surface area contributed by atoms with Crippen molar-refractivity contribution in [1.29, 1.82) is 0 Å². The monoisotopic (exact) mass is 645 g/mol. The Labute approximate surface area is 283 Å². The van der Waals surface area contributed by atoms with Crippen LogP contribution in [0.3, 0.4) is 0 Å². The first-order valence-corrected chi connectivity index (χ1v) is 16.1. The van der Waals surface area contributed by atoms with E-state index >= 15 is 0 Å². The van der Waals surface area contributed by atoms with E-state index in [2.05, 4.69) is 41.7 Å². The third-order valence-corrected chi connectivity index (χ3v) is 8.51. The molecule has 2 unspecified atom stereocenters. The number of carbonyl (C=O) groups excluding carboxylic acids is 1. The minimum atomic E-state index is -0.879. The number of carbonyl (C=O) groups is 1. The van der Waals surface area contributed by atoms with Crippen LogP contribution in [0.25, 0.3) is 0 Å². The van der Waals surface area contributed by atoms with Crippen LogP contribution in [-0.4, -0.2) is 45.0 Å². The zero-order chi connectivity index (χ0) is 33.7. The van der Waals surface area contributed by atoms with Crippen molar-refractivity contribution in [1.82, 2.24) is 5.32 Å². The Morgan fingerprint density at radius 2 is 1.23 bits per heavy atom. The maximum absolute atomic E-state index is 12.7. The minimum Gasteiger partial charge on any atom is -0.497 e. The molecule has 7 nitrogen and oxygen atoms in total. The van der Waals surface area contributed by atoms with Gasteiger partial charge in [0.2, 0.25) is 0 Å². The van der Waals surface area contributed by atoms with Gasteiger partial charge < -0.3 is 29.4 Å². The molecular weight excluding hydrogens is 602 g/mol. The molecule has 0 aromatic heterocycles. The lowest BCUT2D eigenvalue weighted by Gasteiger charge is -2.27. The van der Waals surface area contributed by atoms with Crippen molar-refractivity contribution in [2.24, 2.45) is 0 Å². The average molecular weight is 646 g/mol. The van der Waals surface area contributed by atoms with Crippen molar-refractivity contribution in [2.45, 2.75) is 37.5 Å². The molecular formula is C41H43NO6. The largest absolute Gasteiger partial charge is 0.497 e. The molecule has 0 saturated heterocycles. The lowest BCUT2D eigenvalue weighted by molar-refractivity contribution is 0.0595. The molecule has 0 bridgehead atoms. The molecule has 0 heterocycles. The van der Waals surface area contributed by atoms with E-state index in [1.807, 2.05) is 72.8 Å². The van der Waals surface area contributed by atoms with Crippen LogP contribution in [0, 0.1) is 0 Å². The van der Waals surface area contributed by atoms with E-state index in [0.29, 0.717) is 17.9 Å². The SMILES string of the molecule is COC(=O)c1cc(C(O)CNC(Cc2ccccc2)CC(c2ccc(OC)cc2)c2ccc(OC)cc2)ccc1OCc1ccccc1. The highest BCUT2D eigenvalue weighted by Gasteiger charge is 2.23. The van der Waals surface area contributed by atoms with Crippen LogP contribution in [0.1, 0.15) is 56.6 Å². The Balaban J connectivity index is 1.37. The Hall–Kier alpha value is -5.11. The van der Waals surface area contributed by atoms with Gasteiger partial charge in [0.1, 0.15) is 29.4 Å². The summed E-state index contributed by atoms with van der Waals surface area (Å²) in [5, 5.41) is 15.1. The second kappa shape index (κ2) is 17.2. The van der Waals surface area contributed by atoms with E-state index in [9.17, 15) is 9.90 Å². The van der Waals surface area contributed by atoms with Crippen molar-refractivity contribution < 1.29 is 28.8 Å². The number of methoxy groups -OCH3 is 3. The second-order valence-electron chi connectivity index (χ2n) is 11.7. The van der Waals surface area contributed by atoms with Gasteiger partial charge in [-0.05, 0) is 77.1 Å². The summed E-state index contributed by atoms with van der Waals surface area (Å²) in [7, 11) is 4.67. The highest BCUT2D eigenvalue weighted by atomic mass is 16.5. The van der Waals surface area contributed by atoms with Gasteiger partial charge in [0, 0.05) is 18.5 Å². The van der Waals surface area contributed by atoms with Gasteiger partial charge in [-0.15, -0.1) is 0 Å². The quantitative estimate of drug-likeness (QED) is 0.107. The van der Waals surface area contributed by atoms with Gasteiger partial charge >= 0.3 is 5.97 Å². The maximum Gasteiger partial charge on any atom is 0.341 e. The number of esters is 1. The summed E-state index contributed by atoms with van der Waals surface area (Å²) in [4.78, 5) is 12.7. The summed E-state index contributed by atoms with van der Waals surface area (Å²) in [5.74, 6) is 1.55. The zero-order valence-corrected chi connectivity index (χ0v) is 27.7. The smallest absolute Gasteiger partial charge is 0.341 e. The Kier molecular flexibility index (Phi) is 12.2. The van der Waals surface area contributed by atoms with E-state index in [4.69, 9.17) is 18.9 Å². The molecule has 248 valence electrons. The third-order valence-electron chi connectivity index (χ3n) is 8.51. The van der Waals surface area contributed by atoms with E-state index in [0.717, 1.165) is 41.0 Å².